The Labute approximate surface area is 112 Å². The highest BCUT2D eigenvalue weighted by molar-refractivity contribution is 7.14. The second-order valence-corrected chi connectivity index (χ2v) is 4.97. The van der Waals surface area contributed by atoms with Crippen LogP contribution in [0.1, 0.15) is 5.56 Å². The van der Waals surface area contributed by atoms with Gasteiger partial charge in [0.25, 0.3) is 5.89 Å². The highest BCUT2D eigenvalue weighted by Gasteiger charge is 2.15. The van der Waals surface area contributed by atoms with E-state index in [9.17, 15) is 4.39 Å². The van der Waals surface area contributed by atoms with Gasteiger partial charge in [-0.3, -0.25) is 0 Å². The highest BCUT2D eigenvalue weighted by Crippen LogP contribution is 2.34. The Hall–Kier alpha value is -2.21. The van der Waals surface area contributed by atoms with Gasteiger partial charge >= 0.3 is 0 Å². The summed E-state index contributed by atoms with van der Waals surface area (Å²) in [6.45, 7) is 1.92. The van der Waals surface area contributed by atoms with Crippen molar-refractivity contribution in [1.29, 1.82) is 0 Å². The molecule has 0 atom stereocenters. The van der Waals surface area contributed by atoms with Crippen LogP contribution in [0.2, 0.25) is 0 Å². The van der Waals surface area contributed by atoms with Crippen LogP contribution in [-0.4, -0.2) is 10.1 Å². The molecule has 2 aromatic heterocycles. The molecule has 3 aromatic rings. The summed E-state index contributed by atoms with van der Waals surface area (Å²) in [5.41, 5.74) is 8.27. The third-order valence-electron chi connectivity index (χ3n) is 2.75. The maximum atomic E-state index is 12.8. The molecule has 6 heteroatoms. The minimum absolute atomic E-state index is 0.300. The van der Waals surface area contributed by atoms with E-state index in [4.69, 9.17) is 10.3 Å². The number of nitrogen functional groups attached to an aromatic ring is 1. The molecule has 0 aliphatic rings. The number of aromatic nitrogens is 2. The summed E-state index contributed by atoms with van der Waals surface area (Å²) in [7, 11) is 0. The molecule has 4 nitrogen and oxygen atoms in total. The summed E-state index contributed by atoms with van der Waals surface area (Å²) < 4.78 is 18.1. The third kappa shape index (κ3) is 2.10. The summed E-state index contributed by atoms with van der Waals surface area (Å²) in [6, 6.07) is 5.92. The zero-order chi connectivity index (χ0) is 13.4. The average Bonchev–Trinajstić information content (AvgIpc) is 2.99. The van der Waals surface area contributed by atoms with Crippen molar-refractivity contribution in [2.75, 3.05) is 5.73 Å². The van der Waals surface area contributed by atoms with E-state index in [0.717, 1.165) is 10.4 Å². The van der Waals surface area contributed by atoms with Gasteiger partial charge in [0.2, 0.25) is 5.82 Å². The fourth-order valence-corrected chi connectivity index (χ4v) is 2.54. The number of rotatable bonds is 2. The number of halogens is 1. The Morgan fingerprint density at radius 2 is 2.00 bits per heavy atom. The van der Waals surface area contributed by atoms with Crippen LogP contribution in [0.5, 0.6) is 0 Å². The molecule has 0 saturated carbocycles. The van der Waals surface area contributed by atoms with Gasteiger partial charge < -0.3 is 10.3 Å². The first kappa shape index (κ1) is 11.9. The second kappa shape index (κ2) is 4.47. The van der Waals surface area contributed by atoms with Gasteiger partial charge in [0.15, 0.2) is 0 Å². The van der Waals surface area contributed by atoms with Crippen molar-refractivity contribution in [3.8, 4) is 22.2 Å². The average molecular weight is 275 g/mol. The van der Waals surface area contributed by atoms with Crippen LogP contribution < -0.4 is 5.73 Å². The predicted molar refractivity (Wildman–Crippen MR) is 72.2 cm³/mol. The van der Waals surface area contributed by atoms with Crippen molar-refractivity contribution in [1.82, 2.24) is 10.1 Å². The van der Waals surface area contributed by atoms with Crippen molar-refractivity contribution < 1.29 is 8.91 Å². The van der Waals surface area contributed by atoms with E-state index in [1.807, 2.05) is 12.3 Å². The lowest BCUT2D eigenvalue weighted by Gasteiger charge is -1.93. The monoisotopic (exact) mass is 275 g/mol. The van der Waals surface area contributed by atoms with Crippen LogP contribution in [-0.2, 0) is 0 Å². The van der Waals surface area contributed by atoms with Crippen LogP contribution in [0.4, 0.5) is 10.1 Å². The van der Waals surface area contributed by atoms with Gasteiger partial charge in [0.1, 0.15) is 10.7 Å². The van der Waals surface area contributed by atoms with E-state index in [0.29, 0.717) is 23.0 Å². The zero-order valence-corrected chi connectivity index (χ0v) is 10.9. The summed E-state index contributed by atoms with van der Waals surface area (Å²) in [4.78, 5) is 5.05. The molecule has 0 aliphatic heterocycles. The van der Waals surface area contributed by atoms with Gasteiger partial charge in [0.05, 0.1) is 5.69 Å². The van der Waals surface area contributed by atoms with E-state index < -0.39 is 0 Å². The quantitative estimate of drug-likeness (QED) is 0.777. The molecule has 1 aromatic carbocycles. The standard InChI is InChI=1S/C13H10FN3OS/c1-7-6-19-11(10(7)15)13-16-12(17-18-13)8-2-4-9(14)5-3-8/h2-6H,15H2,1H3. The number of benzene rings is 1. The smallest absolute Gasteiger partial charge is 0.270 e. The molecule has 3 rings (SSSR count). The van der Waals surface area contributed by atoms with Crippen LogP contribution in [0.15, 0.2) is 34.2 Å². The van der Waals surface area contributed by atoms with Gasteiger partial charge in [-0.1, -0.05) is 5.16 Å². The lowest BCUT2D eigenvalue weighted by Crippen LogP contribution is -1.87. The molecule has 0 unspecified atom stereocenters. The van der Waals surface area contributed by atoms with Crippen molar-refractivity contribution >= 4 is 17.0 Å². The Morgan fingerprint density at radius 3 is 2.63 bits per heavy atom. The number of thiophene rings is 1. The minimum atomic E-state index is -0.300. The molecule has 0 radical (unpaired) electrons. The molecule has 0 saturated heterocycles. The van der Waals surface area contributed by atoms with Crippen molar-refractivity contribution in [2.24, 2.45) is 0 Å². The number of anilines is 1. The van der Waals surface area contributed by atoms with E-state index in [1.54, 1.807) is 12.1 Å². The molecule has 0 bridgehead atoms. The normalized spacial score (nSPS) is 10.8. The predicted octanol–water partition coefficient (Wildman–Crippen LogP) is 3.49. The Kier molecular flexibility index (Phi) is 2.79. The highest BCUT2D eigenvalue weighted by atomic mass is 32.1. The third-order valence-corrected chi connectivity index (χ3v) is 3.85. The Morgan fingerprint density at radius 1 is 1.26 bits per heavy atom. The van der Waals surface area contributed by atoms with Gasteiger partial charge in [-0.05, 0) is 42.1 Å². The van der Waals surface area contributed by atoms with Crippen LogP contribution >= 0.6 is 11.3 Å². The molecule has 96 valence electrons. The molecule has 2 heterocycles. The fraction of sp³-hybridized carbons (Fsp3) is 0.0769. The van der Waals surface area contributed by atoms with E-state index >= 15 is 0 Å². The first-order valence-electron chi connectivity index (χ1n) is 5.59. The number of hydrogen-bond acceptors (Lipinski definition) is 5. The summed E-state index contributed by atoms with van der Waals surface area (Å²) in [5, 5.41) is 5.82. The number of hydrogen-bond donors (Lipinski definition) is 1. The van der Waals surface area contributed by atoms with Crippen LogP contribution in [0.3, 0.4) is 0 Å². The Balaban J connectivity index is 2.00. The van der Waals surface area contributed by atoms with E-state index in [-0.39, 0.29) is 5.82 Å². The lowest BCUT2D eigenvalue weighted by molar-refractivity contribution is 0.433. The molecule has 0 aliphatic carbocycles. The second-order valence-electron chi connectivity index (χ2n) is 4.09. The first-order valence-corrected chi connectivity index (χ1v) is 6.46. The number of nitrogens with two attached hydrogens (primary N) is 1. The zero-order valence-electron chi connectivity index (χ0n) is 10.1. The minimum Gasteiger partial charge on any atom is -0.397 e. The number of nitrogens with zero attached hydrogens (tertiary/aromatic N) is 2. The van der Waals surface area contributed by atoms with Crippen LogP contribution in [0, 0.1) is 12.7 Å². The van der Waals surface area contributed by atoms with Gasteiger partial charge in [-0.15, -0.1) is 11.3 Å². The maximum absolute atomic E-state index is 12.8. The molecule has 19 heavy (non-hydrogen) atoms. The Bertz CT molecular complexity index is 718. The molecular weight excluding hydrogens is 265 g/mol. The first-order chi connectivity index (χ1) is 9.15. The van der Waals surface area contributed by atoms with Crippen molar-refractivity contribution in [2.45, 2.75) is 6.92 Å². The fourth-order valence-electron chi connectivity index (χ4n) is 1.65. The SMILES string of the molecule is Cc1csc(-c2nc(-c3ccc(F)cc3)no2)c1N. The van der Waals surface area contributed by atoms with Crippen molar-refractivity contribution in [3.05, 3.63) is 41.0 Å². The largest absolute Gasteiger partial charge is 0.397 e. The van der Waals surface area contributed by atoms with Crippen LogP contribution in [0.25, 0.3) is 22.2 Å². The molecule has 0 amide bonds. The lowest BCUT2D eigenvalue weighted by atomic mass is 10.2. The summed E-state index contributed by atoms with van der Waals surface area (Å²) in [6.07, 6.45) is 0. The van der Waals surface area contributed by atoms with E-state index in [1.165, 1.54) is 23.5 Å². The molecule has 2 N–H and O–H groups in total. The molecule has 0 fully saturated rings. The maximum Gasteiger partial charge on any atom is 0.270 e. The summed E-state index contributed by atoms with van der Waals surface area (Å²) >= 11 is 1.46. The topological polar surface area (TPSA) is 64.9 Å². The molecular formula is C13H10FN3OS. The van der Waals surface area contributed by atoms with Gasteiger partial charge in [0, 0.05) is 5.56 Å². The van der Waals surface area contributed by atoms with Crippen molar-refractivity contribution in [3.63, 3.8) is 0 Å². The summed E-state index contributed by atoms with van der Waals surface area (Å²) in [5.74, 6) is 0.501. The van der Waals surface area contributed by atoms with Gasteiger partial charge in [-0.25, -0.2) is 4.39 Å². The van der Waals surface area contributed by atoms with E-state index in [2.05, 4.69) is 10.1 Å². The molecule has 0 spiro atoms. The number of aryl methyl sites for hydroxylation is 1. The van der Waals surface area contributed by atoms with Gasteiger partial charge in [-0.2, -0.15) is 4.98 Å².